The number of rotatable bonds is 2. The number of esters is 1. The topological polar surface area (TPSA) is 58.6 Å². The molecular formula is C9H14N2O3. The van der Waals surface area contributed by atoms with Crippen LogP contribution in [0.1, 0.15) is 13.8 Å². The summed E-state index contributed by atoms with van der Waals surface area (Å²) in [6, 6.07) is -0.199. The number of nitrogens with one attached hydrogen (secondary N) is 1. The van der Waals surface area contributed by atoms with Gasteiger partial charge >= 0.3 is 12.0 Å². The summed E-state index contributed by atoms with van der Waals surface area (Å²) in [6.45, 7) is 4.06. The molecule has 1 N–H and O–H groups in total. The van der Waals surface area contributed by atoms with Crippen LogP contribution in [0, 0.1) is 0 Å². The van der Waals surface area contributed by atoms with Gasteiger partial charge in [-0.3, -0.25) is 0 Å². The van der Waals surface area contributed by atoms with Crippen LogP contribution in [0.25, 0.3) is 0 Å². The van der Waals surface area contributed by atoms with Crippen LogP contribution in [0.5, 0.6) is 0 Å². The minimum atomic E-state index is -0.364. The number of nitrogens with zero attached hydrogens (tertiary/aromatic N) is 1. The van der Waals surface area contributed by atoms with E-state index in [-0.39, 0.29) is 18.5 Å². The second-order valence-electron chi connectivity index (χ2n) is 3.00. The molecule has 0 fully saturated rings. The molecule has 5 heteroatoms. The Balaban J connectivity index is 2.87. The standard InChI is InChI=1S/C9H14N2O3/c1-4-14-8(12)7-5-10-9(13)11(3)6(7)2/h4-5H2,1-3H3,(H,10,13). The Hall–Kier alpha value is -1.52. The molecule has 5 nitrogen and oxygen atoms in total. The van der Waals surface area contributed by atoms with Gasteiger partial charge in [0.2, 0.25) is 0 Å². The van der Waals surface area contributed by atoms with Crippen LogP contribution in [-0.2, 0) is 9.53 Å². The number of allylic oxidation sites excluding steroid dienone is 1. The van der Waals surface area contributed by atoms with Crippen molar-refractivity contribution in [3.63, 3.8) is 0 Å². The maximum absolute atomic E-state index is 11.4. The lowest BCUT2D eigenvalue weighted by Crippen LogP contribution is -2.44. The number of urea groups is 1. The number of carbonyl (C=O) groups is 2. The van der Waals surface area contributed by atoms with Gasteiger partial charge in [-0.25, -0.2) is 9.59 Å². The largest absolute Gasteiger partial charge is 0.463 e. The molecule has 2 amide bonds. The molecule has 0 aromatic rings. The lowest BCUT2D eigenvalue weighted by molar-refractivity contribution is -0.138. The maximum Gasteiger partial charge on any atom is 0.337 e. The summed E-state index contributed by atoms with van der Waals surface area (Å²) >= 11 is 0. The minimum absolute atomic E-state index is 0.199. The molecule has 14 heavy (non-hydrogen) atoms. The van der Waals surface area contributed by atoms with Gasteiger partial charge in [0.1, 0.15) is 0 Å². The second kappa shape index (κ2) is 4.13. The molecule has 1 aliphatic rings. The summed E-state index contributed by atoms with van der Waals surface area (Å²) in [5.41, 5.74) is 1.15. The van der Waals surface area contributed by atoms with Crippen molar-refractivity contribution < 1.29 is 14.3 Å². The fourth-order valence-electron chi connectivity index (χ4n) is 1.20. The summed E-state index contributed by atoms with van der Waals surface area (Å²) in [6.07, 6.45) is 0. The molecule has 0 saturated heterocycles. The van der Waals surface area contributed by atoms with Crippen LogP contribution in [0.15, 0.2) is 11.3 Å². The number of hydrogen-bond donors (Lipinski definition) is 1. The van der Waals surface area contributed by atoms with Crippen molar-refractivity contribution in [3.8, 4) is 0 Å². The molecule has 1 heterocycles. The van der Waals surface area contributed by atoms with E-state index in [9.17, 15) is 9.59 Å². The Morgan fingerprint density at radius 2 is 2.29 bits per heavy atom. The predicted octanol–water partition coefficient (Wildman–Crippen LogP) is 0.478. The summed E-state index contributed by atoms with van der Waals surface area (Å²) in [5.74, 6) is -0.364. The number of hydrogen-bond acceptors (Lipinski definition) is 3. The van der Waals surface area contributed by atoms with Crippen molar-refractivity contribution in [2.45, 2.75) is 13.8 Å². The minimum Gasteiger partial charge on any atom is -0.463 e. The average molecular weight is 198 g/mol. The molecule has 0 saturated carbocycles. The number of ether oxygens (including phenoxy) is 1. The maximum atomic E-state index is 11.4. The van der Waals surface area contributed by atoms with E-state index >= 15 is 0 Å². The summed E-state index contributed by atoms with van der Waals surface area (Å²) in [4.78, 5) is 24.0. The van der Waals surface area contributed by atoms with Crippen LogP contribution in [0.3, 0.4) is 0 Å². The van der Waals surface area contributed by atoms with Crippen LogP contribution in [0.2, 0.25) is 0 Å². The number of amides is 2. The van der Waals surface area contributed by atoms with Gasteiger partial charge < -0.3 is 15.0 Å². The molecule has 0 aromatic carbocycles. The zero-order chi connectivity index (χ0) is 10.7. The van der Waals surface area contributed by atoms with Gasteiger partial charge in [-0.1, -0.05) is 0 Å². The molecular weight excluding hydrogens is 184 g/mol. The monoisotopic (exact) mass is 198 g/mol. The van der Waals surface area contributed by atoms with E-state index in [0.29, 0.717) is 17.9 Å². The third kappa shape index (κ3) is 1.86. The molecule has 1 rings (SSSR count). The van der Waals surface area contributed by atoms with Crippen molar-refractivity contribution in [2.24, 2.45) is 0 Å². The van der Waals surface area contributed by atoms with Gasteiger partial charge in [0.15, 0.2) is 0 Å². The molecule has 0 unspecified atom stereocenters. The zero-order valence-corrected chi connectivity index (χ0v) is 8.59. The Kier molecular flexibility index (Phi) is 3.11. The molecule has 0 bridgehead atoms. The Bertz CT molecular complexity index is 296. The lowest BCUT2D eigenvalue weighted by atomic mass is 10.1. The van der Waals surface area contributed by atoms with Crippen LogP contribution in [0.4, 0.5) is 4.79 Å². The SMILES string of the molecule is CCOC(=O)C1=C(C)N(C)C(=O)NC1. The highest BCUT2D eigenvalue weighted by molar-refractivity contribution is 5.93. The molecule has 78 valence electrons. The first-order chi connectivity index (χ1) is 6.57. The fraction of sp³-hybridized carbons (Fsp3) is 0.556. The lowest BCUT2D eigenvalue weighted by Gasteiger charge is -2.26. The molecule has 0 aromatic heterocycles. The van der Waals surface area contributed by atoms with E-state index in [1.165, 1.54) is 4.90 Å². The highest BCUT2D eigenvalue weighted by atomic mass is 16.5. The third-order valence-electron chi connectivity index (χ3n) is 2.18. The van der Waals surface area contributed by atoms with Crippen LogP contribution >= 0.6 is 0 Å². The van der Waals surface area contributed by atoms with E-state index in [1.807, 2.05) is 0 Å². The van der Waals surface area contributed by atoms with Gasteiger partial charge in [-0.15, -0.1) is 0 Å². The van der Waals surface area contributed by atoms with Gasteiger partial charge in [-0.05, 0) is 13.8 Å². The summed E-state index contributed by atoms with van der Waals surface area (Å²) < 4.78 is 4.86. The first-order valence-electron chi connectivity index (χ1n) is 4.46. The predicted molar refractivity (Wildman–Crippen MR) is 50.5 cm³/mol. The molecule has 0 aliphatic carbocycles. The highest BCUT2D eigenvalue weighted by Crippen LogP contribution is 2.13. The highest BCUT2D eigenvalue weighted by Gasteiger charge is 2.24. The zero-order valence-electron chi connectivity index (χ0n) is 8.59. The van der Waals surface area contributed by atoms with Gasteiger partial charge in [-0.2, -0.15) is 0 Å². The molecule has 0 radical (unpaired) electrons. The van der Waals surface area contributed by atoms with Crippen LogP contribution < -0.4 is 5.32 Å². The Labute approximate surface area is 82.7 Å². The van der Waals surface area contributed by atoms with Gasteiger partial charge in [0, 0.05) is 12.7 Å². The quantitative estimate of drug-likeness (QED) is 0.656. The van der Waals surface area contributed by atoms with E-state index in [4.69, 9.17) is 4.74 Å². The Morgan fingerprint density at radius 1 is 1.64 bits per heavy atom. The summed E-state index contributed by atoms with van der Waals surface area (Å²) in [7, 11) is 1.61. The number of carbonyl (C=O) groups excluding carboxylic acids is 2. The first kappa shape index (κ1) is 10.6. The first-order valence-corrected chi connectivity index (χ1v) is 4.46. The van der Waals surface area contributed by atoms with Crippen molar-refractivity contribution >= 4 is 12.0 Å². The van der Waals surface area contributed by atoms with E-state index in [0.717, 1.165) is 0 Å². The fourth-order valence-corrected chi connectivity index (χ4v) is 1.20. The van der Waals surface area contributed by atoms with Gasteiger partial charge in [0.25, 0.3) is 0 Å². The average Bonchev–Trinajstić information content (AvgIpc) is 2.15. The van der Waals surface area contributed by atoms with Crippen LogP contribution in [-0.4, -0.2) is 37.1 Å². The van der Waals surface area contributed by atoms with Crippen molar-refractivity contribution in [3.05, 3.63) is 11.3 Å². The normalized spacial score (nSPS) is 16.8. The third-order valence-corrected chi connectivity index (χ3v) is 2.18. The van der Waals surface area contributed by atoms with Crippen molar-refractivity contribution in [1.29, 1.82) is 0 Å². The molecule has 0 atom stereocenters. The smallest absolute Gasteiger partial charge is 0.337 e. The second-order valence-corrected chi connectivity index (χ2v) is 3.00. The van der Waals surface area contributed by atoms with E-state index in [1.54, 1.807) is 20.9 Å². The Morgan fingerprint density at radius 3 is 2.86 bits per heavy atom. The summed E-state index contributed by atoms with van der Waals surface area (Å²) in [5, 5.41) is 2.58. The van der Waals surface area contributed by atoms with Crippen molar-refractivity contribution in [2.75, 3.05) is 20.2 Å². The molecule has 0 spiro atoms. The van der Waals surface area contributed by atoms with E-state index < -0.39 is 0 Å². The molecule has 1 aliphatic heterocycles. The van der Waals surface area contributed by atoms with Gasteiger partial charge in [0.05, 0.1) is 18.7 Å². The van der Waals surface area contributed by atoms with E-state index in [2.05, 4.69) is 5.32 Å². The van der Waals surface area contributed by atoms with Crippen molar-refractivity contribution in [1.82, 2.24) is 10.2 Å².